The van der Waals surface area contributed by atoms with Crippen LogP contribution >= 0.6 is 0 Å². The molecule has 2 nitrogen and oxygen atoms in total. The zero-order valence-corrected chi connectivity index (χ0v) is 14.4. The third-order valence-electron chi connectivity index (χ3n) is 3.67. The molecule has 0 amide bonds. The summed E-state index contributed by atoms with van der Waals surface area (Å²) in [6.07, 6.45) is 0. The zero-order chi connectivity index (χ0) is 14.0. The van der Waals surface area contributed by atoms with Gasteiger partial charge >= 0.3 is 29.6 Å². The molecule has 3 heteroatoms. The van der Waals surface area contributed by atoms with Crippen LogP contribution < -0.4 is 34.7 Å². The summed E-state index contributed by atoms with van der Waals surface area (Å²) in [4.78, 5) is 11.7. The minimum Gasteiger partial charge on any atom is -0.549 e. The Hall–Kier alpha value is -1.09. The van der Waals surface area contributed by atoms with Crippen molar-refractivity contribution in [3.8, 4) is 0 Å². The monoisotopic (exact) mass is 276 g/mol. The average molecular weight is 276 g/mol. The van der Waals surface area contributed by atoms with E-state index in [1.54, 1.807) is 6.92 Å². The first-order valence-electron chi connectivity index (χ1n) is 6.30. The number of hydrogen-bond donors (Lipinski definition) is 0. The smallest absolute Gasteiger partial charge is 0.549 e. The van der Waals surface area contributed by atoms with Crippen LogP contribution in [0.4, 0.5) is 0 Å². The Morgan fingerprint density at radius 1 is 0.850 bits per heavy atom. The van der Waals surface area contributed by atoms with Crippen LogP contribution in [0.15, 0.2) is 48.5 Å². The maximum Gasteiger partial charge on any atom is 1.00 e. The van der Waals surface area contributed by atoms with Crippen molar-refractivity contribution in [2.45, 2.75) is 26.2 Å². The molecule has 0 saturated carbocycles. The van der Waals surface area contributed by atoms with Crippen LogP contribution in [-0.4, -0.2) is 5.97 Å². The Bertz CT molecular complexity index is 540. The van der Waals surface area contributed by atoms with Gasteiger partial charge in [-0.25, -0.2) is 0 Å². The van der Waals surface area contributed by atoms with Gasteiger partial charge in [-0.1, -0.05) is 59.7 Å². The standard InChI is InChI=1S/C17H18O2.Na/c1-12-4-8-14(9-5-12)17(3,16(18)19)15-10-6-13(2)7-11-15;/h4-11H,1-3H3,(H,18,19);/q;+1/p-1. The Balaban J connectivity index is 0.00000200. The molecule has 0 fully saturated rings. The molecule has 0 heterocycles. The second-order valence-corrected chi connectivity index (χ2v) is 5.14. The van der Waals surface area contributed by atoms with E-state index in [0.29, 0.717) is 0 Å². The Labute approximate surface area is 142 Å². The summed E-state index contributed by atoms with van der Waals surface area (Å²) in [6.45, 7) is 5.65. The van der Waals surface area contributed by atoms with Gasteiger partial charge in [0.1, 0.15) is 0 Å². The van der Waals surface area contributed by atoms with E-state index < -0.39 is 11.4 Å². The van der Waals surface area contributed by atoms with Crippen molar-refractivity contribution in [3.63, 3.8) is 0 Å². The number of rotatable bonds is 3. The van der Waals surface area contributed by atoms with Crippen molar-refractivity contribution in [1.82, 2.24) is 0 Å². The molecular weight excluding hydrogens is 259 g/mol. The summed E-state index contributed by atoms with van der Waals surface area (Å²) in [5, 5.41) is 11.7. The second-order valence-electron chi connectivity index (χ2n) is 5.14. The molecule has 2 aromatic carbocycles. The normalized spacial score (nSPS) is 10.8. The molecule has 0 N–H and O–H groups in total. The Morgan fingerprint density at radius 2 is 1.15 bits per heavy atom. The summed E-state index contributed by atoms with van der Waals surface area (Å²) in [6, 6.07) is 15.1. The molecule has 0 saturated heterocycles. The molecule has 0 atom stereocenters. The van der Waals surface area contributed by atoms with Crippen molar-refractivity contribution in [1.29, 1.82) is 0 Å². The summed E-state index contributed by atoms with van der Waals surface area (Å²) < 4.78 is 0. The quantitative estimate of drug-likeness (QED) is 0.700. The maximum absolute atomic E-state index is 11.7. The van der Waals surface area contributed by atoms with Crippen molar-refractivity contribution >= 4 is 5.97 Å². The topological polar surface area (TPSA) is 40.1 Å². The number of carboxylic acid groups (broad SMARTS) is 1. The Kier molecular flexibility index (Phi) is 5.58. The molecule has 0 radical (unpaired) electrons. The molecule has 0 bridgehead atoms. The molecule has 0 aliphatic carbocycles. The molecule has 20 heavy (non-hydrogen) atoms. The fraction of sp³-hybridized carbons (Fsp3) is 0.235. The van der Waals surface area contributed by atoms with Crippen LogP contribution in [0, 0.1) is 13.8 Å². The number of carbonyl (C=O) groups excluding carboxylic acids is 1. The third-order valence-corrected chi connectivity index (χ3v) is 3.67. The van der Waals surface area contributed by atoms with Gasteiger partial charge in [-0.2, -0.15) is 0 Å². The van der Waals surface area contributed by atoms with Crippen molar-refractivity contribution in [2.24, 2.45) is 0 Å². The van der Waals surface area contributed by atoms with Gasteiger partial charge in [-0.3, -0.25) is 0 Å². The van der Waals surface area contributed by atoms with E-state index in [1.807, 2.05) is 62.4 Å². The fourth-order valence-corrected chi connectivity index (χ4v) is 2.18. The van der Waals surface area contributed by atoms with Crippen LogP contribution in [0.5, 0.6) is 0 Å². The van der Waals surface area contributed by atoms with E-state index in [2.05, 4.69) is 0 Å². The molecular formula is C17H17NaO2. The van der Waals surface area contributed by atoms with Gasteiger partial charge in [0.05, 0.1) is 11.4 Å². The van der Waals surface area contributed by atoms with Crippen molar-refractivity contribution in [3.05, 3.63) is 70.8 Å². The van der Waals surface area contributed by atoms with Crippen LogP contribution in [0.25, 0.3) is 0 Å². The third kappa shape index (κ3) is 3.14. The number of benzene rings is 2. The van der Waals surface area contributed by atoms with Crippen LogP contribution in [0.3, 0.4) is 0 Å². The number of hydrogen-bond acceptors (Lipinski definition) is 2. The molecule has 2 rings (SSSR count). The predicted molar refractivity (Wildman–Crippen MR) is 73.8 cm³/mol. The molecule has 0 aromatic heterocycles. The molecule has 0 spiro atoms. The largest absolute Gasteiger partial charge is 1.00 e. The van der Waals surface area contributed by atoms with E-state index in [1.165, 1.54) is 0 Å². The first-order chi connectivity index (χ1) is 8.94. The molecule has 98 valence electrons. The zero-order valence-electron chi connectivity index (χ0n) is 12.4. The number of aliphatic carboxylic acids is 1. The SMILES string of the molecule is Cc1ccc(C(C)(C(=O)[O-])c2ccc(C)cc2)cc1.[Na+]. The number of carboxylic acids is 1. The number of aryl methyl sites for hydroxylation is 2. The van der Waals surface area contributed by atoms with Gasteiger partial charge < -0.3 is 9.90 Å². The maximum atomic E-state index is 11.7. The van der Waals surface area contributed by atoms with E-state index >= 15 is 0 Å². The summed E-state index contributed by atoms with van der Waals surface area (Å²) in [7, 11) is 0. The minimum atomic E-state index is -1.12. The summed E-state index contributed by atoms with van der Waals surface area (Å²) >= 11 is 0. The molecule has 0 aliphatic rings. The predicted octanol–water partition coefficient (Wildman–Crippen LogP) is -0.637. The molecule has 2 aromatic rings. The minimum absolute atomic E-state index is 0. The fourth-order valence-electron chi connectivity index (χ4n) is 2.18. The van der Waals surface area contributed by atoms with E-state index in [0.717, 1.165) is 22.3 Å². The van der Waals surface area contributed by atoms with Gasteiger partial charge in [-0.05, 0) is 31.9 Å². The van der Waals surface area contributed by atoms with E-state index in [-0.39, 0.29) is 29.6 Å². The van der Waals surface area contributed by atoms with Gasteiger partial charge in [-0.15, -0.1) is 0 Å². The van der Waals surface area contributed by atoms with Gasteiger partial charge in [0.15, 0.2) is 0 Å². The van der Waals surface area contributed by atoms with E-state index in [9.17, 15) is 9.90 Å². The Morgan fingerprint density at radius 3 is 1.40 bits per heavy atom. The van der Waals surface area contributed by atoms with E-state index in [4.69, 9.17) is 0 Å². The van der Waals surface area contributed by atoms with Crippen molar-refractivity contribution < 1.29 is 39.5 Å². The first-order valence-corrected chi connectivity index (χ1v) is 6.30. The van der Waals surface area contributed by atoms with Gasteiger partial charge in [0, 0.05) is 0 Å². The first kappa shape index (κ1) is 17.0. The van der Waals surface area contributed by atoms with Gasteiger partial charge in [0.2, 0.25) is 0 Å². The van der Waals surface area contributed by atoms with Crippen LogP contribution in [0.2, 0.25) is 0 Å². The number of carbonyl (C=O) groups is 1. The second kappa shape index (κ2) is 6.57. The molecule has 0 aliphatic heterocycles. The summed E-state index contributed by atoms with van der Waals surface area (Å²) in [5.41, 5.74) is 2.56. The summed E-state index contributed by atoms with van der Waals surface area (Å²) in [5.74, 6) is -1.08. The van der Waals surface area contributed by atoms with Crippen LogP contribution in [0.1, 0.15) is 29.2 Å². The average Bonchev–Trinajstić information content (AvgIpc) is 2.39. The van der Waals surface area contributed by atoms with Crippen LogP contribution in [-0.2, 0) is 10.2 Å². The van der Waals surface area contributed by atoms with Crippen molar-refractivity contribution in [2.75, 3.05) is 0 Å². The molecule has 0 unspecified atom stereocenters. The van der Waals surface area contributed by atoms with Gasteiger partial charge in [0.25, 0.3) is 0 Å².